The van der Waals surface area contributed by atoms with Crippen molar-refractivity contribution in [3.8, 4) is 0 Å². The van der Waals surface area contributed by atoms with Crippen LogP contribution in [0.25, 0.3) is 0 Å². The minimum atomic E-state index is -1.06. The summed E-state index contributed by atoms with van der Waals surface area (Å²) >= 11 is 0. The molecule has 5 rings (SSSR count). The number of likely N-dealkylation sites (tertiary alicyclic amines) is 2. The van der Waals surface area contributed by atoms with Gasteiger partial charge in [-0.1, -0.05) is 98.6 Å². The summed E-state index contributed by atoms with van der Waals surface area (Å²) in [6.45, 7) is 19.6. The molecule has 2 aliphatic carbocycles. The third-order valence-electron chi connectivity index (χ3n) is 12.6. The van der Waals surface area contributed by atoms with Gasteiger partial charge in [0.15, 0.2) is 0 Å². The SMILES string of the molecule is C=CCNC(=O)C(=O)C(CCCC)NC(=O)[C@@H]1[C@@H]2[C@H](CN1C(=O)C(NC(=O)N[C@@H](CN1C(=O)CC(C)(C)CC1=O)C(C)(C)C)C1Cc3ccccc3C1)C2(C)C. The fourth-order valence-electron chi connectivity index (χ4n) is 9.02. The number of imide groups is 1. The summed E-state index contributed by atoms with van der Waals surface area (Å²) < 4.78 is 0. The van der Waals surface area contributed by atoms with Crippen LogP contribution in [0.1, 0.15) is 98.6 Å². The van der Waals surface area contributed by atoms with Crippen LogP contribution in [0.15, 0.2) is 36.9 Å². The van der Waals surface area contributed by atoms with Crippen molar-refractivity contribution < 1.29 is 33.6 Å². The number of ketones is 1. The van der Waals surface area contributed by atoms with Crippen molar-refractivity contribution in [2.24, 2.45) is 34.0 Å². The van der Waals surface area contributed by atoms with Crippen LogP contribution in [0.3, 0.4) is 0 Å². The Kier molecular flexibility index (Phi) is 12.6. The molecule has 0 aromatic heterocycles. The van der Waals surface area contributed by atoms with E-state index in [9.17, 15) is 33.6 Å². The molecule has 2 heterocycles. The quantitative estimate of drug-likeness (QED) is 0.120. The lowest BCUT2D eigenvalue weighted by molar-refractivity contribution is -0.153. The zero-order valence-electron chi connectivity index (χ0n) is 34.5. The van der Waals surface area contributed by atoms with E-state index in [1.165, 1.54) is 11.0 Å². The maximum atomic E-state index is 14.9. The zero-order valence-corrected chi connectivity index (χ0v) is 34.5. The highest BCUT2D eigenvalue weighted by Gasteiger charge is 2.70. The van der Waals surface area contributed by atoms with Crippen molar-refractivity contribution in [1.29, 1.82) is 0 Å². The number of carbonyl (C=O) groups excluding carboxylic acids is 7. The van der Waals surface area contributed by atoms with Gasteiger partial charge in [-0.2, -0.15) is 0 Å². The van der Waals surface area contributed by atoms with E-state index in [2.05, 4.69) is 41.7 Å². The van der Waals surface area contributed by atoms with Gasteiger partial charge < -0.3 is 26.2 Å². The van der Waals surface area contributed by atoms with Crippen LogP contribution < -0.4 is 21.3 Å². The predicted molar refractivity (Wildman–Crippen MR) is 212 cm³/mol. The molecule has 7 amide bonds. The number of carbonyl (C=O) groups is 7. The van der Waals surface area contributed by atoms with E-state index in [4.69, 9.17) is 0 Å². The maximum Gasteiger partial charge on any atom is 0.315 e. The second kappa shape index (κ2) is 16.5. The monoisotopic (exact) mass is 774 g/mol. The van der Waals surface area contributed by atoms with Gasteiger partial charge in [-0.15, -0.1) is 6.58 Å². The molecule has 0 bridgehead atoms. The number of hydrogen-bond donors (Lipinski definition) is 4. The molecule has 1 aromatic carbocycles. The van der Waals surface area contributed by atoms with Gasteiger partial charge in [-0.05, 0) is 64.4 Å². The number of rotatable bonds is 15. The first kappa shape index (κ1) is 42.6. The maximum absolute atomic E-state index is 14.9. The van der Waals surface area contributed by atoms with Crippen LogP contribution in [0.4, 0.5) is 4.79 Å². The Hall–Kier alpha value is -4.55. The molecule has 13 heteroatoms. The van der Waals surface area contributed by atoms with Crippen molar-refractivity contribution in [3.05, 3.63) is 48.0 Å². The number of Topliss-reactive ketones (excluding diaryl/α,β-unsaturated/α-hetero) is 1. The number of benzene rings is 1. The number of piperidine rings is 2. The van der Waals surface area contributed by atoms with Crippen LogP contribution in [-0.4, -0.2) is 95.0 Å². The van der Waals surface area contributed by atoms with Gasteiger partial charge in [0.1, 0.15) is 12.1 Å². The minimum Gasteiger partial charge on any atom is -0.346 e. The number of unbranched alkanes of at least 4 members (excludes halogenated alkanes) is 1. The second-order valence-electron chi connectivity index (χ2n) is 18.8. The summed E-state index contributed by atoms with van der Waals surface area (Å²) in [4.78, 5) is 98.3. The van der Waals surface area contributed by atoms with E-state index in [0.29, 0.717) is 25.8 Å². The fourth-order valence-corrected chi connectivity index (χ4v) is 9.02. The molecule has 4 N–H and O–H groups in total. The molecule has 0 radical (unpaired) electrons. The predicted octanol–water partition coefficient (Wildman–Crippen LogP) is 3.69. The lowest BCUT2D eigenvalue weighted by Gasteiger charge is -2.40. The number of urea groups is 1. The molecular weight excluding hydrogens is 713 g/mol. The van der Waals surface area contributed by atoms with Gasteiger partial charge in [0, 0.05) is 32.5 Å². The average Bonchev–Trinajstić information content (AvgIpc) is 3.47. The lowest BCUT2D eigenvalue weighted by Crippen LogP contribution is -2.62. The van der Waals surface area contributed by atoms with Crippen LogP contribution >= 0.6 is 0 Å². The molecule has 306 valence electrons. The molecule has 13 nitrogen and oxygen atoms in total. The van der Waals surface area contributed by atoms with Crippen molar-refractivity contribution in [2.45, 2.75) is 125 Å². The van der Waals surface area contributed by atoms with Crippen LogP contribution in [0.2, 0.25) is 0 Å². The normalized spacial score (nSPS) is 24.0. The molecule has 56 heavy (non-hydrogen) atoms. The van der Waals surface area contributed by atoms with Gasteiger partial charge >= 0.3 is 6.03 Å². The van der Waals surface area contributed by atoms with E-state index in [1.807, 2.05) is 65.8 Å². The molecule has 1 aromatic rings. The molecular formula is C43H62N6O7. The van der Waals surface area contributed by atoms with Gasteiger partial charge in [-0.25, -0.2) is 4.79 Å². The topological polar surface area (TPSA) is 174 Å². The van der Waals surface area contributed by atoms with Crippen molar-refractivity contribution >= 4 is 41.4 Å². The van der Waals surface area contributed by atoms with E-state index in [-0.39, 0.29) is 67.3 Å². The Morgan fingerprint density at radius 3 is 2.11 bits per heavy atom. The number of amides is 7. The van der Waals surface area contributed by atoms with Crippen LogP contribution in [0.5, 0.6) is 0 Å². The first-order valence-electron chi connectivity index (χ1n) is 20.2. The molecule has 3 fully saturated rings. The summed E-state index contributed by atoms with van der Waals surface area (Å²) in [6.07, 6.45) is 4.62. The molecule has 6 atom stereocenters. The minimum absolute atomic E-state index is 0.00546. The molecule has 2 unspecified atom stereocenters. The summed E-state index contributed by atoms with van der Waals surface area (Å²) in [5.74, 6) is -3.46. The number of fused-ring (bicyclic) bond motifs is 2. The second-order valence-corrected chi connectivity index (χ2v) is 18.8. The highest BCUT2D eigenvalue weighted by molar-refractivity contribution is 6.38. The molecule has 2 saturated heterocycles. The Morgan fingerprint density at radius 2 is 1.55 bits per heavy atom. The van der Waals surface area contributed by atoms with Crippen molar-refractivity contribution in [3.63, 3.8) is 0 Å². The molecule has 0 spiro atoms. The van der Waals surface area contributed by atoms with E-state index in [0.717, 1.165) is 17.5 Å². The smallest absolute Gasteiger partial charge is 0.315 e. The van der Waals surface area contributed by atoms with Gasteiger partial charge in [0.25, 0.3) is 5.91 Å². The van der Waals surface area contributed by atoms with Gasteiger partial charge in [0.05, 0.1) is 12.1 Å². The lowest BCUT2D eigenvalue weighted by atomic mass is 9.80. The summed E-state index contributed by atoms with van der Waals surface area (Å²) in [7, 11) is 0. The third-order valence-corrected chi connectivity index (χ3v) is 12.6. The van der Waals surface area contributed by atoms with Crippen LogP contribution in [0, 0.1) is 34.0 Å². The van der Waals surface area contributed by atoms with Crippen LogP contribution in [-0.2, 0) is 41.6 Å². The highest BCUT2D eigenvalue weighted by Crippen LogP contribution is 2.65. The summed E-state index contributed by atoms with van der Waals surface area (Å²) in [5, 5.41) is 11.4. The highest BCUT2D eigenvalue weighted by atomic mass is 16.2. The zero-order chi connectivity index (χ0) is 41.3. The molecule has 2 aliphatic heterocycles. The van der Waals surface area contributed by atoms with E-state index < -0.39 is 64.5 Å². The number of nitrogens with one attached hydrogen (secondary N) is 4. The Bertz CT molecular complexity index is 1700. The summed E-state index contributed by atoms with van der Waals surface area (Å²) in [6, 6.07) is 3.70. The van der Waals surface area contributed by atoms with Crippen molar-refractivity contribution in [1.82, 2.24) is 31.1 Å². The van der Waals surface area contributed by atoms with E-state index in [1.54, 1.807) is 4.90 Å². The molecule has 4 aliphatic rings. The van der Waals surface area contributed by atoms with Crippen molar-refractivity contribution in [2.75, 3.05) is 19.6 Å². The largest absolute Gasteiger partial charge is 0.346 e. The summed E-state index contributed by atoms with van der Waals surface area (Å²) in [5.41, 5.74) is 0.938. The van der Waals surface area contributed by atoms with Gasteiger partial charge in [-0.3, -0.25) is 33.7 Å². The first-order chi connectivity index (χ1) is 26.2. The van der Waals surface area contributed by atoms with E-state index >= 15 is 0 Å². The average molecular weight is 775 g/mol. The Labute approximate surface area is 331 Å². The first-order valence-corrected chi connectivity index (χ1v) is 20.2. The Balaban J connectivity index is 1.40. The standard InChI is InChI=1S/C43H62N6O7/c1-10-12-17-29(36(52)38(54)44-18-11-2)45-37(53)35-33-28(43(33,8)9)23-49(35)39(55)34(27-19-25-15-13-14-16-26(25)20-27)47-40(56)46-30(41(3,4)5)24-48-31(50)21-42(6,7)22-32(48)51/h11,13-16,27-30,33-35H,2,10,12,17-24H2,1,3-9H3,(H,44,54)(H,45,53)(H2,46,47,56)/t28-,29?,30-,33-,34?,35-/m0/s1. The fraction of sp³-hybridized carbons (Fsp3) is 0.651. The Morgan fingerprint density at radius 1 is 0.946 bits per heavy atom. The number of nitrogens with zero attached hydrogens (tertiary/aromatic N) is 2. The van der Waals surface area contributed by atoms with Gasteiger partial charge in [0.2, 0.25) is 29.4 Å². The third kappa shape index (κ3) is 9.18. The molecule has 1 saturated carbocycles. The number of hydrogen-bond acceptors (Lipinski definition) is 7.